The normalized spacial score (nSPS) is 10.1. The SMILES string of the molecule is NNc1ccc([N+](=O)[O-])cc1C(=O)NCCc1ncn[nH]1. The molecule has 1 heterocycles. The van der Waals surface area contributed by atoms with Gasteiger partial charge in [-0.1, -0.05) is 0 Å². The van der Waals surface area contributed by atoms with E-state index in [1.165, 1.54) is 24.5 Å². The highest BCUT2D eigenvalue weighted by atomic mass is 16.6. The molecule has 2 aromatic rings. The Hall–Kier alpha value is -3.01. The van der Waals surface area contributed by atoms with Crippen LogP contribution in [0.15, 0.2) is 24.5 Å². The number of nitrogens with one attached hydrogen (secondary N) is 3. The number of benzene rings is 1. The Bertz CT molecular complexity index is 641. The maximum absolute atomic E-state index is 12.1. The van der Waals surface area contributed by atoms with Crippen molar-refractivity contribution in [3.05, 3.63) is 46.0 Å². The largest absolute Gasteiger partial charge is 0.352 e. The summed E-state index contributed by atoms with van der Waals surface area (Å²) in [5.74, 6) is 5.46. The number of nitro benzene ring substituents is 1. The molecule has 0 aliphatic heterocycles. The maximum atomic E-state index is 12.1. The first-order valence-corrected chi connectivity index (χ1v) is 5.99. The van der Waals surface area contributed by atoms with Crippen molar-refractivity contribution >= 4 is 17.3 Å². The van der Waals surface area contributed by atoms with Crippen molar-refractivity contribution in [1.82, 2.24) is 20.5 Å². The molecule has 2 rings (SSSR count). The van der Waals surface area contributed by atoms with Crippen LogP contribution in [-0.4, -0.2) is 32.6 Å². The number of H-pyrrole nitrogens is 1. The molecule has 0 bridgehead atoms. The lowest BCUT2D eigenvalue weighted by molar-refractivity contribution is -0.384. The monoisotopic (exact) mass is 291 g/mol. The second kappa shape index (κ2) is 6.43. The lowest BCUT2D eigenvalue weighted by atomic mass is 10.1. The van der Waals surface area contributed by atoms with Crippen LogP contribution in [0.25, 0.3) is 0 Å². The molecule has 110 valence electrons. The van der Waals surface area contributed by atoms with Gasteiger partial charge in [0.25, 0.3) is 11.6 Å². The summed E-state index contributed by atoms with van der Waals surface area (Å²) in [7, 11) is 0. The molecule has 21 heavy (non-hydrogen) atoms. The molecule has 1 aromatic heterocycles. The Morgan fingerprint density at radius 1 is 1.48 bits per heavy atom. The van der Waals surface area contributed by atoms with Gasteiger partial charge in [0, 0.05) is 25.1 Å². The Kier molecular flexibility index (Phi) is 4.41. The average Bonchev–Trinajstić information content (AvgIpc) is 2.99. The minimum Gasteiger partial charge on any atom is -0.352 e. The molecule has 0 radical (unpaired) electrons. The van der Waals surface area contributed by atoms with Gasteiger partial charge in [-0.3, -0.25) is 25.9 Å². The molecule has 10 heteroatoms. The molecule has 0 fully saturated rings. The molecule has 0 saturated carbocycles. The zero-order valence-corrected chi connectivity index (χ0v) is 10.9. The highest BCUT2D eigenvalue weighted by Gasteiger charge is 2.16. The van der Waals surface area contributed by atoms with Crippen molar-refractivity contribution in [1.29, 1.82) is 0 Å². The number of nitrogen functional groups attached to an aromatic ring is 1. The van der Waals surface area contributed by atoms with E-state index in [1.807, 2.05) is 0 Å². The van der Waals surface area contributed by atoms with E-state index < -0.39 is 10.8 Å². The number of hydrogen-bond acceptors (Lipinski definition) is 7. The summed E-state index contributed by atoms with van der Waals surface area (Å²) in [5.41, 5.74) is 2.55. The fourth-order valence-corrected chi connectivity index (χ4v) is 1.70. The van der Waals surface area contributed by atoms with Crippen LogP contribution in [0.5, 0.6) is 0 Å². The van der Waals surface area contributed by atoms with Crippen LogP contribution in [0.1, 0.15) is 16.2 Å². The van der Waals surface area contributed by atoms with Gasteiger partial charge < -0.3 is 10.7 Å². The molecular formula is C11H13N7O3. The van der Waals surface area contributed by atoms with Crippen LogP contribution < -0.4 is 16.6 Å². The Labute approximate surface area is 118 Å². The number of rotatable bonds is 6. The van der Waals surface area contributed by atoms with Gasteiger partial charge >= 0.3 is 0 Å². The third-order valence-corrected chi connectivity index (χ3v) is 2.73. The van der Waals surface area contributed by atoms with Crippen LogP contribution in [-0.2, 0) is 6.42 Å². The van der Waals surface area contributed by atoms with E-state index in [1.54, 1.807) is 0 Å². The first-order valence-electron chi connectivity index (χ1n) is 5.99. The number of nitrogens with two attached hydrogens (primary N) is 1. The molecule has 0 aliphatic rings. The van der Waals surface area contributed by atoms with E-state index in [9.17, 15) is 14.9 Å². The minimum absolute atomic E-state index is 0.101. The molecule has 0 aliphatic carbocycles. The summed E-state index contributed by atoms with van der Waals surface area (Å²) in [6, 6.07) is 3.81. The van der Waals surface area contributed by atoms with Crippen LogP contribution in [0, 0.1) is 10.1 Å². The number of non-ortho nitro benzene ring substituents is 1. The molecule has 0 saturated heterocycles. The first-order chi connectivity index (χ1) is 10.1. The molecule has 1 amide bonds. The summed E-state index contributed by atoms with van der Waals surface area (Å²) in [5, 5.41) is 19.7. The highest BCUT2D eigenvalue weighted by Crippen LogP contribution is 2.21. The Balaban J connectivity index is 2.06. The number of aromatic nitrogens is 3. The third kappa shape index (κ3) is 3.51. The molecule has 0 unspecified atom stereocenters. The molecule has 10 nitrogen and oxygen atoms in total. The average molecular weight is 291 g/mol. The van der Waals surface area contributed by atoms with Gasteiger partial charge in [-0.25, -0.2) is 4.98 Å². The van der Waals surface area contributed by atoms with E-state index >= 15 is 0 Å². The second-order valence-corrected chi connectivity index (χ2v) is 4.07. The summed E-state index contributed by atoms with van der Waals surface area (Å²) < 4.78 is 0. The fraction of sp³-hybridized carbons (Fsp3) is 0.182. The number of hydrogen-bond donors (Lipinski definition) is 4. The van der Waals surface area contributed by atoms with E-state index in [0.29, 0.717) is 24.5 Å². The molecule has 0 atom stereocenters. The van der Waals surface area contributed by atoms with Gasteiger partial charge in [0.15, 0.2) is 0 Å². The molecule has 0 spiro atoms. The van der Waals surface area contributed by atoms with Crippen LogP contribution in [0.4, 0.5) is 11.4 Å². The van der Waals surface area contributed by atoms with E-state index in [4.69, 9.17) is 5.84 Å². The number of aromatic amines is 1. The van der Waals surface area contributed by atoms with Gasteiger partial charge in [-0.05, 0) is 6.07 Å². The minimum atomic E-state index is -0.578. The maximum Gasteiger partial charge on any atom is 0.270 e. The van der Waals surface area contributed by atoms with Crippen molar-refractivity contribution in [2.75, 3.05) is 12.0 Å². The van der Waals surface area contributed by atoms with E-state index in [0.717, 1.165) is 0 Å². The summed E-state index contributed by atoms with van der Waals surface area (Å²) in [6.07, 6.45) is 1.83. The summed E-state index contributed by atoms with van der Waals surface area (Å²) >= 11 is 0. The third-order valence-electron chi connectivity index (χ3n) is 2.73. The Morgan fingerprint density at radius 2 is 2.29 bits per heavy atom. The number of carbonyl (C=O) groups is 1. The molecular weight excluding hydrogens is 278 g/mol. The smallest absolute Gasteiger partial charge is 0.270 e. The van der Waals surface area contributed by atoms with Crippen LogP contribution in [0.2, 0.25) is 0 Å². The quantitative estimate of drug-likeness (QED) is 0.331. The number of carbonyl (C=O) groups excluding carboxylic acids is 1. The van der Waals surface area contributed by atoms with Gasteiger partial charge in [-0.15, -0.1) is 0 Å². The lowest BCUT2D eigenvalue weighted by Gasteiger charge is -2.09. The predicted octanol–water partition coefficient (Wildman–Crippen LogP) is -0.0290. The van der Waals surface area contributed by atoms with Gasteiger partial charge in [0.2, 0.25) is 0 Å². The van der Waals surface area contributed by atoms with E-state index in [2.05, 4.69) is 25.9 Å². The van der Waals surface area contributed by atoms with Crippen molar-refractivity contribution in [2.45, 2.75) is 6.42 Å². The lowest BCUT2D eigenvalue weighted by Crippen LogP contribution is -2.27. The standard InChI is InChI=1S/C11H13N7O3/c12-16-9-2-1-7(18(20)21)5-8(9)11(19)13-4-3-10-14-6-15-17-10/h1-2,5-6,16H,3-4,12H2,(H,13,19)(H,14,15,17). The van der Waals surface area contributed by atoms with Crippen LogP contribution >= 0.6 is 0 Å². The number of nitro groups is 1. The van der Waals surface area contributed by atoms with Gasteiger partial charge in [0.05, 0.1) is 16.2 Å². The Morgan fingerprint density at radius 3 is 2.90 bits per heavy atom. The first kappa shape index (κ1) is 14.4. The number of nitrogens with zero attached hydrogens (tertiary/aromatic N) is 3. The zero-order valence-electron chi connectivity index (χ0n) is 10.9. The number of anilines is 1. The van der Waals surface area contributed by atoms with Crippen molar-refractivity contribution in [2.24, 2.45) is 5.84 Å². The number of amides is 1. The summed E-state index contributed by atoms with van der Waals surface area (Å²) in [4.78, 5) is 26.1. The van der Waals surface area contributed by atoms with E-state index in [-0.39, 0.29) is 11.3 Å². The topological polar surface area (TPSA) is 152 Å². The van der Waals surface area contributed by atoms with Gasteiger partial charge in [-0.2, -0.15) is 5.10 Å². The van der Waals surface area contributed by atoms with Crippen LogP contribution in [0.3, 0.4) is 0 Å². The van der Waals surface area contributed by atoms with Crippen molar-refractivity contribution in [3.8, 4) is 0 Å². The fourth-order valence-electron chi connectivity index (χ4n) is 1.70. The van der Waals surface area contributed by atoms with Crippen molar-refractivity contribution < 1.29 is 9.72 Å². The highest BCUT2D eigenvalue weighted by molar-refractivity contribution is 6.00. The zero-order chi connectivity index (χ0) is 15.2. The van der Waals surface area contributed by atoms with Gasteiger partial charge in [0.1, 0.15) is 12.2 Å². The predicted molar refractivity (Wildman–Crippen MR) is 73.3 cm³/mol. The number of hydrazine groups is 1. The van der Waals surface area contributed by atoms with Crippen molar-refractivity contribution in [3.63, 3.8) is 0 Å². The molecule has 5 N–H and O–H groups in total. The molecule has 1 aromatic carbocycles. The summed E-state index contributed by atoms with van der Waals surface area (Å²) in [6.45, 7) is 0.306. The second-order valence-electron chi connectivity index (χ2n) is 4.07.